The fourth-order valence-corrected chi connectivity index (χ4v) is 2.74. The molecule has 2 aromatic rings. The summed E-state index contributed by atoms with van der Waals surface area (Å²) >= 11 is 0. The van der Waals surface area contributed by atoms with E-state index in [2.05, 4.69) is 0 Å². The monoisotopic (exact) mass is 257 g/mol. The number of amides is 1. The first-order chi connectivity index (χ1) is 9.25. The van der Waals surface area contributed by atoms with Crippen LogP contribution in [0, 0.1) is 6.92 Å². The Morgan fingerprint density at radius 3 is 2.58 bits per heavy atom. The van der Waals surface area contributed by atoms with Gasteiger partial charge in [-0.3, -0.25) is 4.79 Å². The summed E-state index contributed by atoms with van der Waals surface area (Å²) in [5, 5.41) is 1.01. The van der Waals surface area contributed by atoms with Gasteiger partial charge in [-0.05, 0) is 31.4 Å². The summed E-state index contributed by atoms with van der Waals surface area (Å²) in [6, 6.07) is 7.86. The van der Waals surface area contributed by atoms with E-state index in [4.69, 9.17) is 4.42 Å². The Labute approximate surface area is 113 Å². The van der Waals surface area contributed by atoms with Crippen molar-refractivity contribution in [3.05, 3.63) is 35.6 Å². The average Bonchev–Trinajstić information content (AvgIpc) is 2.67. The van der Waals surface area contributed by atoms with Gasteiger partial charge in [-0.2, -0.15) is 0 Å². The highest BCUT2D eigenvalue weighted by Gasteiger charge is 2.21. The van der Waals surface area contributed by atoms with E-state index in [0.717, 1.165) is 42.5 Å². The molecule has 19 heavy (non-hydrogen) atoms. The lowest BCUT2D eigenvalue weighted by Crippen LogP contribution is -2.31. The second kappa shape index (κ2) is 5.08. The summed E-state index contributed by atoms with van der Waals surface area (Å²) in [4.78, 5) is 14.4. The minimum Gasteiger partial charge on any atom is -0.451 e. The molecule has 0 aliphatic carbocycles. The van der Waals surface area contributed by atoms with E-state index in [1.54, 1.807) is 0 Å². The number of para-hydroxylation sites is 1. The average molecular weight is 257 g/mol. The van der Waals surface area contributed by atoms with Crippen molar-refractivity contribution < 1.29 is 9.21 Å². The molecule has 1 aliphatic heterocycles. The second-order valence-electron chi connectivity index (χ2n) is 5.31. The highest BCUT2D eigenvalue weighted by Crippen LogP contribution is 2.24. The summed E-state index contributed by atoms with van der Waals surface area (Å²) in [7, 11) is 0. The predicted molar refractivity (Wildman–Crippen MR) is 75.3 cm³/mol. The first kappa shape index (κ1) is 12.3. The van der Waals surface area contributed by atoms with Crippen LogP contribution in [0.5, 0.6) is 0 Å². The van der Waals surface area contributed by atoms with Crippen LogP contribution in [-0.4, -0.2) is 23.9 Å². The molecule has 100 valence electrons. The Morgan fingerprint density at radius 1 is 1.16 bits per heavy atom. The molecule has 2 heterocycles. The van der Waals surface area contributed by atoms with Gasteiger partial charge in [-0.15, -0.1) is 0 Å². The summed E-state index contributed by atoms with van der Waals surface area (Å²) in [5.41, 5.74) is 1.91. The number of nitrogens with zero attached hydrogens (tertiary/aromatic N) is 1. The topological polar surface area (TPSA) is 33.5 Å². The van der Waals surface area contributed by atoms with E-state index < -0.39 is 0 Å². The molecule has 1 aromatic carbocycles. The fraction of sp³-hybridized carbons (Fsp3) is 0.438. The molecule has 3 rings (SSSR count). The quantitative estimate of drug-likeness (QED) is 0.779. The van der Waals surface area contributed by atoms with Crippen LogP contribution < -0.4 is 0 Å². The van der Waals surface area contributed by atoms with Gasteiger partial charge in [0.15, 0.2) is 5.76 Å². The molecule has 3 nitrogen and oxygen atoms in total. The minimum atomic E-state index is 0.0394. The summed E-state index contributed by atoms with van der Waals surface area (Å²) in [5.74, 6) is 0.517. The van der Waals surface area contributed by atoms with Gasteiger partial charge in [-0.25, -0.2) is 0 Å². The second-order valence-corrected chi connectivity index (χ2v) is 5.31. The van der Waals surface area contributed by atoms with Crippen molar-refractivity contribution in [2.24, 2.45) is 0 Å². The van der Waals surface area contributed by atoms with Crippen molar-refractivity contribution in [3.8, 4) is 0 Å². The third kappa shape index (κ3) is 2.37. The maximum Gasteiger partial charge on any atom is 0.289 e. The zero-order chi connectivity index (χ0) is 13.2. The number of carbonyl (C=O) groups is 1. The highest BCUT2D eigenvalue weighted by molar-refractivity contribution is 5.96. The van der Waals surface area contributed by atoms with Gasteiger partial charge >= 0.3 is 0 Å². The number of carbonyl (C=O) groups excluding carboxylic acids is 1. The van der Waals surface area contributed by atoms with Crippen LogP contribution in [-0.2, 0) is 0 Å². The van der Waals surface area contributed by atoms with Gasteiger partial charge in [-0.1, -0.05) is 31.0 Å². The zero-order valence-corrected chi connectivity index (χ0v) is 11.3. The Kier molecular flexibility index (Phi) is 3.28. The molecule has 1 amide bonds. The molecule has 1 saturated heterocycles. The molecule has 0 atom stereocenters. The number of benzene rings is 1. The Bertz CT molecular complexity index is 592. The standard InChI is InChI=1S/C16H19NO2/c1-12-7-6-8-13-11-14(19-15(12)13)16(18)17-9-4-2-3-5-10-17/h6-8,11H,2-5,9-10H2,1H3. The number of furan rings is 1. The fourth-order valence-electron chi connectivity index (χ4n) is 2.74. The number of likely N-dealkylation sites (tertiary alicyclic amines) is 1. The molecule has 0 unspecified atom stereocenters. The molecule has 1 fully saturated rings. The van der Waals surface area contributed by atoms with E-state index >= 15 is 0 Å². The molecule has 3 heteroatoms. The van der Waals surface area contributed by atoms with Gasteiger partial charge in [0.25, 0.3) is 5.91 Å². The molecule has 0 saturated carbocycles. The Hall–Kier alpha value is -1.77. The zero-order valence-electron chi connectivity index (χ0n) is 11.3. The van der Waals surface area contributed by atoms with E-state index in [0.29, 0.717) is 5.76 Å². The van der Waals surface area contributed by atoms with Gasteiger partial charge < -0.3 is 9.32 Å². The lowest BCUT2D eigenvalue weighted by atomic mass is 10.2. The third-order valence-corrected chi connectivity index (χ3v) is 3.85. The van der Waals surface area contributed by atoms with Crippen LogP contribution in [0.2, 0.25) is 0 Å². The Balaban J connectivity index is 1.90. The molecule has 0 N–H and O–H groups in total. The summed E-state index contributed by atoms with van der Waals surface area (Å²) in [6.07, 6.45) is 4.65. The van der Waals surface area contributed by atoms with Crippen molar-refractivity contribution in [3.63, 3.8) is 0 Å². The molecule has 1 aliphatic rings. The van der Waals surface area contributed by atoms with E-state index in [9.17, 15) is 4.79 Å². The lowest BCUT2D eigenvalue weighted by Gasteiger charge is -2.18. The van der Waals surface area contributed by atoms with Crippen molar-refractivity contribution in [2.75, 3.05) is 13.1 Å². The number of rotatable bonds is 1. The van der Waals surface area contributed by atoms with Crippen LogP contribution >= 0.6 is 0 Å². The van der Waals surface area contributed by atoms with Crippen molar-refractivity contribution >= 4 is 16.9 Å². The van der Waals surface area contributed by atoms with Crippen LogP contribution in [0.15, 0.2) is 28.7 Å². The minimum absolute atomic E-state index is 0.0394. The number of fused-ring (bicyclic) bond motifs is 1. The predicted octanol–water partition coefficient (Wildman–Crippen LogP) is 3.76. The van der Waals surface area contributed by atoms with Crippen LogP contribution in [0.1, 0.15) is 41.8 Å². The van der Waals surface area contributed by atoms with E-state index in [1.165, 1.54) is 12.8 Å². The van der Waals surface area contributed by atoms with Crippen LogP contribution in [0.3, 0.4) is 0 Å². The van der Waals surface area contributed by atoms with Gasteiger partial charge in [0.1, 0.15) is 5.58 Å². The molecule has 1 aromatic heterocycles. The number of aryl methyl sites for hydroxylation is 1. The molecule has 0 radical (unpaired) electrons. The summed E-state index contributed by atoms with van der Waals surface area (Å²) in [6.45, 7) is 3.72. The SMILES string of the molecule is Cc1cccc2cc(C(=O)N3CCCCCC3)oc12. The smallest absolute Gasteiger partial charge is 0.289 e. The number of hydrogen-bond donors (Lipinski definition) is 0. The van der Waals surface area contributed by atoms with Gasteiger partial charge in [0.2, 0.25) is 0 Å². The van der Waals surface area contributed by atoms with Crippen molar-refractivity contribution in [2.45, 2.75) is 32.6 Å². The van der Waals surface area contributed by atoms with Crippen molar-refractivity contribution in [1.29, 1.82) is 0 Å². The Morgan fingerprint density at radius 2 is 1.89 bits per heavy atom. The number of hydrogen-bond acceptors (Lipinski definition) is 2. The normalized spacial score (nSPS) is 16.6. The lowest BCUT2D eigenvalue weighted by molar-refractivity contribution is 0.0732. The first-order valence-electron chi connectivity index (χ1n) is 7.04. The van der Waals surface area contributed by atoms with Crippen LogP contribution in [0.25, 0.3) is 11.0 Å². The van der Waals surface area contributed by atoms with E-state index in [1.807, 2.05) is 36.1 Å². The largest absolute Gasteiger partial charge is 0.451 e. The van der Waals surface area contributed by atoms with Crippen molar-refractivity contribution in [1.82, 2.24) is 4.90 Å². The van der Waals surface area contributed by atoms with Gasteiger partial charge in [0.05, 0.1) is 0 Å². The maximum absolute atomic E-state index is 12.5. The molecular formula is C16H19NO2. The molecule has 0 spiro atoms. The van der Waals surface area contributed by atoms with Gasteiger partial charge in [0, 0.05) is 18.5 Å². The third-order valence-electron chi connectivity index (χ3n) is 3.85. The first-order valence-corrected chi connectivity index (χ1v) is 7.04. The highest BCUT2D eigenvalue weighted by atomic mass is 16.3. The summed E-state index contributed by atoms with van der Waals surface area (Å²) < 4.78 is 5.76. The van der Waals surface area contributed by atoms with E-state index in [-0.39, 0.29) is 5.91 Å². The maximum atomic E-state index is 12.5. The van der Waals surface area contributed by atoms with Crippen LogP contribution in [0.4, 0.5) is 0 Å². The molecule has 0 bridgehead atoms. The molecular weight excluding hydrogens is 238 g/mol.